The average molecular weight is 374 g/mol. The molecule has 0 saturated carbocycles. The molecule has 3 nitrogen and oxygen atoms in total. The summed E-state index contributed by atoms with van der Waals surface area (Å²) in [5.41, 5.74) is 1.02. The fraction of sp³-hybridized carbons (Fsp3) is 0.154. The Morgan fingerprint density at radius 2 is 2.06 bits per heavy atom. The molecule has 0 bridgehead atoms. The SMILES string of the molecule is Cc1cc(OCc2ccc(I)cc2)c(C(=O)O)s1. The van der Waals surface area contributed by atoms with Crippen molar-refractivity contribution in [2.24, 2.45) is 0 Å². The van der Waals surface area contributed by atoms with Crippen LogP contribution in [0.3, 0.4) is 0 Å². The molecule has 94 valence electrons. The van der Waals surface area contributed by atoms with Crippen molar-refractivity contribution in [3.05, 3.63) is 49.2 Å². The molecule has 1 N–H and O–H groups in total. The fourth-order valence-corrected chi connectivity index (χ4v) is 2.64. The quantitative estimate of drug-likeness (QED) is 0.825. The Bertz CT molecular complexity index is 560. The van der Waals surface area contributed by atoms with Gasteiger partial charge in [-0.2, -0.15) is 0 Å². The summed E-state index contributed by atoms with van der Waals surface area (Å²) in [5.74, 6) is -0.491. The van der Waals surface area contributed by atoms with Gasteiger partial charge in [-0.1, -0.05) is 12.1 Å². The summed E-state index contributed by atoms with van der Waals surface area (Å²) in [6.07, 6.45) is 0. The topological polar surface area (TPSA) is 46.5 Å². The van der Waals surface area contributed by atoms with Crippen LogP contribution in [0, 0.1) is 10.5 Å². The zero-order chi connectivity index (χ0) is 13.1. The standard InChI is InChI=1S/C13H11IO3S/c1-8-6-11(12(18-8)13(15)16)17-7-9-2-4-10(14)5-3-9/h2-6H,7H2,1H3,(H,15,16). The molecule has 0 unspecified atom stereocenters. The van der Waals surface area contributed by atoms with E-state index in [0.717, 1.165) is 14.0 Å². The maximum Gasteiger partial charge on any atom is 0.349 e. The van der Waals surface area contributed by atoms with Crippen LogP contribution in [0.4, 0.5) is 0 Å². The maximum absolute atomic E-state index is 11.0. The van der Waals surface area contributed by atoms with Crippen LogP contribution in [-0.2, 0) is 6.61 Å². The molecule has 0 saturated heterocycles. The largest absolute Gasteiger partial charge is 0.487 e. The number of carboxylic acid groups (broad SMARTS) is 1. The molecule has 0 atom stereocenters. The number of aryl methyl sites for hydroxylation is 1. The Labute approximate surface area is 123 Å². The van der Waals surface area contributed by atoms with Crippen molar-refractivity contribution >= 4 is 39.9 Å². The van der Waals surface area contributed by atoms with Gasteiger partial charge in [0.25, 0.3) is 0 Å². The van der Waals surface area contributed by atoms with Crippen LogP contribution in [0.2, 0.25) is 0 Å². The molecule has 1 aromatic carbocycles. The van der Waals surface area contributed by atoms with Gasteiger partial charge in [-0.25, -0.2) is 4.79 Å². The minimum absolute atomic E-state index is 0.262. The molecule has 1 aromatic heterocycles. The third kappa shape index (κ3) is 3.23. The highest BCUT2D eigenvalue weighted by atomic mass is 127. The molecule has 5 heteroatoms. The highest BCUT2D eigenvalue weighted by molar-refractivity contribution is 14.1. The van der Waals surface area contributed by atoms with Gasteiger partial charge in [0.05, 0.1) is 0 Å². The average Bonchev–Trinajstić information content (AvgIpc) is 2.70. The van der Waals surface area contributed by atoms with Crippen molar-refractivity contribution in [3.8, 4) is 5.75 Å². The molecule has 0 fully saturated rings. The van der Waals surface area contributed by atoms with Crippen molar-refractivity contribution in [3.63, 3.8) is 0 Å². The smallest absolute Gasteiger partial charge is 0.349 e. The van der Waals surface area contributed by atoms with Crippen LogP contribution < -0.4 is 4.74 Å². The van der Waals surface area contributed by atoms with E-state index < -0.39 is 5.97 Å². The van der Waals surface area contributed by atoms with Crippen molar-refractivity contribution in [2.75, 3.05) is 0 Å². The van der Waals surface area contributed by atoms with Crippen LogP contribution in [0.15, 0.2) is 30.3 Å². The minimum Gasteiger partial charge on any atom is -0.487 e. The van der Waals surface area contributed by atoms with Crippen molar-refractivity contribution < 1.29 is 14.6 Å². The second kappa shape index (κ2) is 5.71. The van der Waals surface area contributed by atoms with Crippen LogP contribution >= 0.6 is 33.9 Å². The highest BCUT2D eigenvalue weighted by Crippen LogP contribution is 2.29. The number of carboxylic acids is 1. The Kier molecular flexibility index (Phi) is 4.23. The van der Waals surface area contributed by atoms with E-state index in [0.29, 0.717) is 12.4 Å². The molecule has 0 radical (unpaired) electrons. The summed E-state index contributed by atoms with van der Waals surface area (Å²) >= 11 is 3.47. The number of thiophene rings is 1. The summed E-state index contributed by atoms with van der Waals surface area (Å²) in [5, 5.41) is 9.04. The van der Waals surface area contributed by atoms with E-state index in [9.17, 15) is 4.79 Å². The molecule has 1 heterocycles. The van der Waals surface area contributed by atoms with Gasteiger partial charge >= 0.3 is 5.97 Å². The van der Waals surface area contributed by atoms with E-state index >= 15 is 0 Å². The summed E-state index contributed by atoms with van der Waals surface area (Å²) in [6, 6.07) is 9.70. The second-order valence-electron chi connectivity index (χ2n) is 3.77. The number of aromatic carboxylic acids is 1. The predicted molar refractivity (Wildman–Crippen MR) is 79.5 cm³/mol. The number of hydrogen-bond donors (Lipinski definition) is 1. The molecular weight excluding hydrogens is 363 g/mol. The Morgan fingerprint density at radius 3 is 2.67 bits per heavy atom. The van der Waals surface area contributed by atoms with E-state index in [-0.39, 0.29) is 4.88 Å². The Balaban J connectivity index is 2.10. The van der Waals surface area contributed by atoms with Crippen molar-refractivity contribution in [1.82, 2.24) is 0 Å². The first-order valence-corrected chi connectivity index (χ1v) is 7.17. The molecular formula is C13H11IO3S. The number of rotatable bonds is 4. The molecule has 18 heavy (non-hydrogen) atoms. The van der Waals surface area contributed by atoms with Gasteiger partial charge in [-0.15, -0.1) is 11.3 Å². The first-order chi connectivity index (χ1) is 8.56. The minimum atomic E-state index is -0.939. The molecule has 0 aliphatic rings. The fourth-order valence-electron chi connectivity index (χ4n) is 1.49. The maximum atomic E-state index is 11.0. The summed E-state index contributed by atoms with van der Waals surface area (Å²) in [6.45, 7) is 2.25. The molecule has 0 aliphatic heterocycles. The van der Waals surface area contributed by atoms with Crippen LogP contribution in [-0.4, -0.2) is 11.1 Å². The lowest BCUT2D eigenvalue weighted by atomic mass is 10.2. The lowest BCUT2D eigenvalue weighted by Crippen LogP contribution is -2.00. The van der Waals surface area contributed by atoms with Crippen LogP contribution in [0.1, 0.15) is 20.1 Å². The molecule has 2 aromatic rings. The molecule has 0 aliphatic carbocycles. The van der Waals surface area contributed by atoms with Gasteiger partial charge in [-0.3, -0.25) is 0 Å². The van der Waals surface area contributed by atoms with E-state index in [1.54, 1.807) is 6.07 Å². The van der Waals surface area contributed by atoms with Crippen LogP contribution in [0.25, 0.3) is 0 Å². The lowest BCUT2D eigenvalue weighted by Gasteiger charge is -2.05. The third-order valence-electron chi connectivity index (χ3n) is 2.32. The second-order valence-corrected chi connectivity index (χ2v) is 6.27. The van der Waals surface area contributed by atoms with E-state index in [2.05, 4.69) is 22.6 Å². The Morgan fingerprint density at radius 1 is 1.39 bits per heavy atom. The van der Waals surface area contributed by atoms with Crippen LogP contribution in [0.5, 0.6) is 5.75 Å². The zero-order valence-corrected chi connectivity index (χ0v) is 12.6. The number of ether oxygens (including phenoxy) is 1. The first-order valence-electron chi connectivity index (χ1n) is 5.27. The zero-order valence-electron chi connectivity index (χ0n) is 9.64. The first kappa shape index (κ1) is 13.4. The van der Waals surface area contributed by atoms with E-state index in [1.165, 1.54) is 11.3 Å². The van der Waals surface area contributed by atoms with Gasteiger partial charge in [0.15, 0.2) is 4.88 Å². The van der Waals surface area contributed by atoms with Gasteiger partial charge in [-0.05, 0) is 53.3 Å². The third-order valence-corrected chi connectivity index (χ3v) is 4.06. The normalized spacial score (nSPS) is 10.3. The van der Waals surface area contributed by atoms with Crippen molar-refractivity contribution in [1.29, 1.82) is 0 Å². The van der Waals surface area contributed by atoms with Crippen molar-refractivity contribution in [2.45, 2.75) is 13.5 Å². The van der Waals surface area contributed by atoms with Gasteiger partial charge < -0.3 is 9.84 Å². The van der Waals surface area contributed by atoms with Gasteiger partial charge in [0.1, 0.15) is 12.4 Å². The van der Waals surface area contributed by atoms with E-state index in [1.807, 2.05) is 31.2 Å². The number of carbonyl (C=O) groups is 1. The number of halogens is 1. The molecule has 0 spiro atoms. The van der Waals surface area contributed by atoms with E-state index in [4.69, 9.17) is 9.84 Å². The summed E-state index contributed by atoms with van der Waals surface area (Å²) in [4.78, 5) is 12.2. The summed E-state index contributed by atoms with van der Waals surface area (Å²) < 4.78 is 6.73. The molecule has 2 rings (SSSR count). The monoisotopic (exact) mass is 374 g/mol. The van der Waals surface area contributed by atoms with Gasteiger partial charge in [0.2, 0.25) is 0 Å². The van der Waals surface area contributed by atoms with Gasteiger partial charge in [0, 0.05) is 8.45 Å². The number of benzene rings is 1. The highest BCUT2D eigenvalue weighted by Gasteiger charge is 2.15. The Hall–Kier alpha value is -1.08. The predicted octanol–water partition coefficient (Wildman–Crippen LogP) is 3.94. The molecule has 0 amide bonds. The summed E-state index contributed by atoms with van der Waals surface area (Å²) in [7, 11) is 0. The number of hydrogen-bond acceptors (Lipinski definition) is 3. The lowest BCUT2D eigenvalue weighted by molar-refractivity contribution is 0.0697.